The van der Waals surface area contributed by atoms with Crippen LogP contribution >= 0.6 is 23.2 Å². The van der Waals surface area contributed by atoms with Crippen LogP contribution in [0.3, 0.4) is 0 Å². The Bertz CT molecular complexity index is 1830. The van der Waals surface area contributed by atoms with E-state index < -0.39 is 0 Å². The quantitative estimate of drug-likeness (QED) is 0.312. The summed E-state index contributed by atoms with van der Waals surface area (Å²) in [5.74, 6) is 0.544. The van der Waals surface area contributed by atoms with Crippen molar-refractivity contribution >= 4 is 56.4 Å². The van der Waals surface area contributed by atoms with Crippen molar-refractivity contribution in [2.75, 3.05) is 7.11 Å². The Morgan fingerprint density at radius 3 is 2.37 bits per heavy atom. The molecule has 172 valence electrons. The van der Waals surface area contributed by atoms with Crippen LogP contribution in [0.5, 0.6) is 5.75 Å². The summed E-state index contributed by atoms with van der Waals surface area (Å²) in [6, 6.07) is 20.3. The van der Waals surface area contributed by atoms with Crippen LogP contribution in [0.4, 0.5) is 0 Å². The highest BCUT2D eigenvalue weighted by atomic mass is 35.5. The van der Waals surface area contributed by atoms with Gasteiger partial charge in [0.1, 0.15) is 23.0 Å². The molecular formula is C26H17Cl2N5O2. The normalized spacial score (nSPS) is 11.5. The van der Waals surface area contributed by atoms with E-state index in [4.69, 9.17) is 37.9 Å². The SMILES string of the molecule is COc1ccc(-n2c3nc4ccccc4nc3c3c(=O)n(Cc4ccccc4Cl)cnc32)cc1Cl. The van der Waals surface area contributed by atoms with E-state index in [0.717, 1.165) is 5.56 Å². The lowest BCUT2D eigenvalue weighted by atomic mass is 10.2. The highest BCUT2D eigenvalue weighted by molar-refractivity contribution is 6.32. The number of para-hydroxylation sites is 2. The van der Waals surface area contributed by atoms with Crippen LogP contribution in [0.25, 0.3) is 38.9 Å². The Morgan fingerprint density at radius 1 is 0.886 bits per heavy atom. The molecule has 0 spiro atoms. The van der Waals surface area contributed by atoms with E-state index in [2.05, 4.69) is 4.98 Å². The van der Waals surface area contributed by atoms with Gasteiger partial charge in [-0.25, -0.2) is 15.0 Å². The van der Waals surface area contributed by atoms with E-state index >= 15 is 0 Å². The van der Waals surface area contributed by atoms with Gasteiger partial charge in [-0.1, -0.05) is 53.5 Å². The summed E-state index contributed by atoms with van der Waals surface area (Å²) in [6.45, 7) is 0.281. The molecule has 3 aromatic heterocycles. The lowest BCUT2D eigenvalue weighted by Crippen LogP contribution is -2.21. The first-order chi connectivity index (χ1) is 17.0. The summed E-state index contributed by atoms with van der Waals surface area (Å²) < 4.78 is 8.64. The smallest absolute Gasteiger partial charge is 0.265 e. The third kappa shape index (κ3) is 3.51. The summed E-state index contributed by atoms with van der Waals surface area (Å²) in [5.41, 5.74) is 4.10. The third-order valence-electron chi connectivity index (χ3n) is 5.92. The second-order valence-electron chi connectivity index (χ2n) is 8.01. The Hall–Kier alpha value is -3.94. The van der Waals surface area contributed by atoms with E-state index in [9.17, 15) is 4.79 Å². The number of hydrogen-bond donors (Lipinski definition) is 0. The fraction of sp³-hybridized carbons (Fsp3) is 0.0769. The molecule has 0 fully saturated rings. The first-order valence-electron chi connectivity index (χ1n) is 10.8. The Kier molecular flexibility index (Phi) is 5.16. The molecule has 3 aromatic carbocycles. The number of aromatic nitrogens is 5. The molecule has 0 aliphatic heterocycles. The molecule has 0 unspecified atom stereocenters. The number of hydrogen-bond acceptors (Lipinski definition) is 5. The summed E-state index contributed by atoms with van der Waals surface area (Å²) in [7, 11) is 1.56. The zero-order chi connectivity index (χ0) is 24.1. The van der Waals surface area contributed by atoms with Crippen molar-refractivity contribution in [3.63, 3.8) is 0 Å². The van der Waals surface area contributed by atoms with Crippen LogP contribution in [0.2, 0.25) is 10.0 Å². The molecule has 0 atom stereocenters. The average Bonchev–Trinajstić information content (AvgIpc) is 3.19. The molecule has 9 heteroatoms. The first-order valence-corrected chi connectivity index (χ1v) is 11.5. The number of ether oxygens (including phenoxy) is 1. The lowest BCUT2D eigenvalue weighted by molar-refractivity contribution is 0.415. The topological polar surface area (TPSA) is 74.8 Å². The fourth-order valence-electron chi connectivity index (χ4n) is 4.23. The van der Waals surface area contributed by atoms with Crippen LogP contribution in [0, 0.1) is 0 Å². The molecule has 0 N–H and O–H groups in total. The molecule has 0 bridgehead atoms. The average molecular weight is 502 g/mol. The predicted octanol–water partition coefficient (Wildman–Crippen LogP) is 5.65. The van der Waals surface area contributed by atoms with Gasteiger partial charge in [-0.3, -0.25) is 13.9 Å². The molecule has 0 amide bonds. The minimum absolute atomic E-state index is 0.233. The fourth-order valence-corrected chi connectivity index (χ4v) is 4.68. The molecular weight excluding hydrogens is 485 g/mol. The highest BCUT2D eigenvalue weighted by Crippen LogP contribution is 2.32. The first kappa shape index (κ1) is 21.6. The molecule has 0 aliphatic carbocycles. The maximum absolute atomic E-state index is 13.8. The van der Waals surface area contributed by atoms with Crippen LogP contribution in [0.1, 0.15) is 5.56 Å². The minimum Gasteiger partial charge on any atom is -0.495 e. The highest BCUT2D eigenvalue weighted by Gasteiger charge is 2.21. The molecule has 0 saturated heterocycles. The molecule has 0 aliphatic rings. The summed E-state index contributed by atoms with van der Waals surface area (Å²) >= 11 is 12.8. The van der Waals surface area contributed by atoms with Gasteiger partial charge in [0.25, 0.3) is 5.56 Å². The summed E-state index contributed by atoms with van der Waals surface area (Å²) in [4.78, 5) is 28.1. The van der Waals surface area contributed by atoms with Crippen molar-refractivity contribution in [2.24, 2.45) is 0 Å². The molecule has 7 nitrogen and oxygen atoms in total. The van der Waals surface area contributed by atoms with Crippen molar-refractivity contribution in [3.8, 4) is 11.4 Å². The predicted molar refractivity (Wildman–Crippen MR) is 138 cm³/mol. The second kappa shape index (κ2) is 8.37. The molecule has 0 radical (unpaired) electrons. The van der Waals surface area contributed by atoms with E-state index in [0.29, 0.717) is 54.7 Å². The van der Waals surface area contributed by atoms with Crippen LogP contribution in [-0.2, 0) is 6.54 Å². The Labute approximate surface area is 209 Å². The number of rotatable bonds is 4. The molecule has 35 heavy (non-hydrogen) atoms. The lowest BCUT2D eigenvalue weighted by Gasteiger charge is -2.10. The van der Waals surface area contributed by atoms with Crippen molar-refractivity contribution in [1.82, 2.24) is 24.1 Å². The van der Waals surface area contributed by atoms with Crippen LogP contribution in [0.15, 0.2) is 77.9 Å². The van der Waals surface area contributed by atoms with Crippen molar-refractivity contribution in [1.29, 1.82) is 0 Å². The molecule has 0 saturated carbocycles. The van der Waals surface area contributed by atoms with Gasteiger partial charge in [-0.05, 0) is 42.0 Å². The number of nitrogens with zero attached hydrogens (tertiary/aromatic N) is 5. The number of fused-ring (bicyclic) bond motifs is 4. The monoisotopic (exact) mass is 501 g/mol. The zero-order valence-corrected chi connectivity index (χ0v) is 20.0. The maximum Gasteiger partial charge on any atom is 0.265 e. The van der Waals surface area contributed by atoms with E-state index in [1.807, 2.05) is 48.5 Å². The van der Waals surface area contributed by atoms with E-state index in [-0.39, 0.29) is 12.1 Å². The molecule has 6 rings (SSSR count). The molecule has 3 heterocycles. The van der Waals surface area contributed by atoms with Crippen molar-refractivity contribution in [2.45, 2.75) is 6.54 Å². The Balaban J connectivity index is 1.68. The van der Waals surface area contributed by atoms with Crippen molar-refractivity contribution < 1.29 is 4.74 Å². The van der Waals surface area contributed by atoms with Crippen molar-refractivity contribution in [3.05, 3.63) is 99.0 Å². The number of benzene rings is 3. The molecule has 6 aromatic rings. The largest absolute Gasteiger partial charge is 0.495 e. The van der Waals surface area contributed by atoms with E-state index in [1.165, 1.54) is 10.9 Å². The standard InChI is InChI=1S/C26H17Cl2N5O2/c1-35-21-11-10-16(12-18(21)28)33-24-22(23-25(33)31-20-9-5-4-8-19(20)30-23)26(34)32(14-29-24)13-15-6-2-3-7-17(15)27/h2-12,14H,13H2,1H3. The van der Waals surface area contributed by atoms with Gasteiger partial charge >= 0.3 is 0 Å². The van der Waals surface area contributed by atoms with Gasteiger partial charge in [0, 0.05) is 5.02 Å². The van der Waals surface area contributed by atoms with E-state index in [1.54, 1.807) is 29.9 Å². The summed E-state index contributed by atoms with van der Waals surface area (Å²) in [6.07, 6.45) is 1.52. The number of halogens is 2. The van der Waals surface area contributed by atoms with Crippen LogP contribution < -0.4 is 10.3 Å². The van der Waals surface area contributed by atoms with Gasteiger partial charge in [0.15, 0.2) is 11.3 Å². The summed E-state index contributed by atoms with van der Waals surface area (Å²) in [5, 5.41) is 1.39. The van der Waals surface area contributed by atoms with Gasteiger partial charge < -0.3 is 4.74 Å². The second-order valence-corrected chi connectivity index (χ2v) is 8.82. The van der Waals surface area contributed by atoms with Gasteiger partial charge in [-0.15, -0.1) is 0 Å². The van der Waals surface area contributed by atoms with Gasteiger partial charge in [0.2, 0.25) is 0 Å². The maximum atomic E-state index is 13.8. The van der Waals surface area contributed by atoms with Gasteiger partial charge in [-0.2, -0.15) is 0 Å². The third-order valence-corrected chi connectivity index (χ3v) is 6.59. The zero-order valence-electron chi connectivity index (χ0n) is 18.4. The number of methoxy groups -OCH3 is 1. The Morgan fingerprint density at radius 2 is 1.63 bits per heavy atom. The minimum atomic E-state index is -0.233. The van der Waals surface area contributed by atoms with Gasteiger partial charge in [0.05, 0.1) is 35.4 Å². The van der Waals surface area contributed by atoms with Crippen LogP contribution in [-0.4, -0.2) is 31.2 Å².